The fourth-order valence-corrected chi connectivity index (χ4v) is 6.08. The van der Waals surface area contributed by atoms with E-state index in [1.807, 2.05) is 13.0 Å². The molecule has 0 radical (unpaired) electrons. The zero-order valence-corrected chi connectivity index (χ0v) is 20.8. The van der Waals surface area contributed by atoms with Crippen LogP contribution in [0.5, 0.6) is 0 Å². The van der Waals surface area contributed by atoms with Gasteiger partial charge in [-0.1, -0.05) is 13.0 Å². The van der Waals surface area contributed by atoms with Crippen LogP contribution in [0.1, 0.15) is 48.7 Å². The summed E-state index contributed by atoms with van der Waals surface area (Å²) in [6.45, 7) is 6.01. The number of nitrogens with zero attached hydrogens (tertiary/aromatic N) is 4. The molecule has 0 aliphatic carbocycles. The second-order valence-corrected chi connectivity index (χ2v) is 11.5. The van der Waals surface area contributed by atoms with Gasteiger partial charge in [0.1, 0.15) is 16.4 Å². The Hall–Kier alpha value is -2.72. The summed E-state index contributed by atoms with van der Waals surface area (Å²) in [5.74, 6) is 0.554. The standard InChI is InChI=1S/C24H33N5O4S/c1-17-6-10-28(11-7-17)24(31)21-14-20(16-27(21)3)34(32,33)29-12-8-19(9-13-29)23(30)26-22-5-4-18(2)15-25-22/h4-5,14-17,19H,6-13H2,1-3H3,(H,25,26,30). The van der Waals surface area contributed by atoms with Crippen molar-refractivity contribution in [3.63, 3.8) is 0 Å². The van der Waals surface area contributed by atoms with Crippen molar-refractivity contribution in [2.45, 2.75) is 44.4 Å². The van der Waals surface area contributed by atoms with E-state index in [2.05, 4.69) is 17.2 Å². The number of sulfonamides is 1. The van der Waals surface area contributed by atoms with E-state index in [0.717, 1.165) is 18.4 Å². The molecule has 2 aliphatic rings. The fourth-order valence-electron chi connectivity index (χ4n) is 4.54. The van der Waals surface area contributed by atoms with Crippen LogP contribution in [0.3, 0.4) is 0 Å². The summed E-state index contributed by atoms with van der Waals surface area (Å²) in [5, 5.41) is 2.82. The molecule has 2 amide bonds. The monoisotopic (exact) mass is 487 g/mol. The number of aromatic nitrogens is 2. The number of pyridine rings is 1. The van der Waals surface area contributed by atoms with Crippen LogP contribution in [0.2, 0.25) is 0 Å². The summed E-state index contributed by atoms with van der Waals surface area (Å²) >= 11 is 0. The number of carbonyl (C=O) groups is 2. The lowest BCUT2D eigenvalue weighted by Gasteiger charge is -2.30. The Balaban J connectivity index is 1.38. The number of hydrogen-bond donors (Lipinski definition) is 1. The molecule has 0 saturated carbocycles. The molecule has 2 aliphatic heterocycles. The highest BCUT2D eigenvalue weighted by molar-refractivity contribution is 7.89. The predicted octanol–water partition coefficient (Wildman–Crippen LogP) is 2.64. The first-order valence-electron chi connectivity index (χ1n) is 11.8. The first-order valence-corrected chi connectivity index (χ1v) is 13.3. The number of amides is 2. The molecule has 0 aromatic carbocycles. The highest BCUT2D eigenvalue weighted by atomic mass is 32.2. The maximum atomic E-state index is 13.3. The van der Waals surface area contributed by atoms with E-state index in [1.165, 1.54) is 16.6 Å². The average Bonchev–Trinajstić information content (AvgIpc) is 3.23. The van der Waals surface area contributed by atoms with E-state index in [1.54, 1.807) is 28.8 Å². The van der Waals surface area contributed by atoms with Crippen LogP contribution in [0.4, 0.5) is 5.82 Å². The van der Waals surface area contributed by atoms with Crippen LogP contribution in [-0.4, -0.2) is 65.2 Å². The lowest BCUT2D eigenvalue weighted by molar-refractivity contribution is -0.120. The molecule has 2 aromatic rings. The average molecular weight is 488 g/mol. The van der Waals surface area contributed by atoms with E-state index in [9.17, 15) is 18.0 Å². The first kappa shape index (κ1) is 24.4. The molecule has 2 fully saturated rings. The number of likely N-dealkylation sites (tertiary alicyclic amines) is 1. The van der Waals surface area contributed by atoms with E-state index < -0.39 is 10.0 Å². The zero-order valence-electron chi connectivity index (χ0n) is 20.0. The number of hydrogen-bond acceptors (Lipinski definition) is 5. The fraction of sp³-hybridized carbons (Fsp3) is 0.542. The maximum Gasteiger partial charge on any atom is 0.270 e. The zero-order chi connectivity index (χ0) is 24.5. The summed E-state index contributed by atoms with van der Waals surface area (Å²) in [7, 11) is -2.05. The van der Waals surface area contributed by atoms with Gasteiger partial charge >= 0.3 is 0 Å². The van der Waals surface area contributed by atoms with Gasteiger partial charge in [-0.2, -0.15) is 4.31 Å². The Kier molecular flexibility index (Phi) is 7.09. The molecule has 0 unspecified atom stereocenters. The first-order chi connectivity index (χ1) is 16.1. The van der Waals surface area contributed by atoms with Crippen LogP contribution in [-0.2, 0) is 21.9 Å². The number of piperidine rings is 2. The van der Waals surface area contributed by atoms with E-state index in [4.69, 9.17) is 0 Å². The number of rotatable bonds is 5. The molecule has 4 heterocycles. The molecule has 2 aromatic heterocycles. The molecule has 184 valence electrons. The lowest BCUT2D eigenvalue weighted by atomic mass is 9.97. The Bertz CT molecular complexity index is 1140. The van der Waals surface area contributed by atoms with Crippen molar-refractivity contribution in [3.8, 4) is 0 Å². The summed E-state index contributed by atoms with van der Waals surface area (Å²) < 4.78 is 29.6. The SMILES string of the molecule is Cc1ccc(NC(=O)C2CCN(S(=O)(=O)c3cc(C(=O)N4CCC(C)CC4)n(C)c3)CC2)nc1. The molecule has 10 heteroatoms. The molecule has 9 nitrogen and oxygen atoms in total. The molecule has 2 saturated heterocycles. The Labute approximate surface area is 201 Å². The van der Waals surface area contributed by atoms with Crippen LogP contribution >= 0.6 is 0 Å². The second-order valence-electron chi connectivity index (χ2n) is 9.54. The highest BCUT2D eigenvalue weighted by Crippen LogP contribution is 2.27. The number of aryl methyl sites for hydroxylation is 2. The summed E-state index contributed by atoms with van der Waals surface area (Å²) in [6.07, 6.45) is 5.99. The molecular formula is C24H33N5O4S. The molecule has 0 atom stereocenters. The number of carbonyl (C=O) groups excluding carboxylic acids is 2. The van der Waals surface area contributed by atoms with Gasteiger partial charge in [-0.3, -0.25) is 9.59 Å². The van der Waals surface area contributed by atoms with Crippen molar-refractivity contribution in [2.24, 2.45) is 18.9 Å². The van der Waals surface area contributed by atoms with Crippen molar-refractivity contribution in [2.75, 3.05) is 31.5 Å². The topological polar surface area (TPSA) is 105 Å². The van der Waals surface area contributed by atoms with Gasteiger partial charge < -0.3 is 14.8 Å². The van der Waals surface area contributed by atoms with Gasteiger partial charge in [0.25, 0.3) is 5.91 Å². The van der Waals surface area contributed by atoms with Gasteiger partial charge in [0.05, 0.1) is 0 Å². The molecule has 0 bridgehead atoms. The van der Waals surface area contributed by atoms with Gasteiger partial charge in [0.15, 0.2) is 0 Å². The lowest BCUT2D eigenvalue weighted by Crippen LogP contribution is -2.41. The largest absolute Gasteiger partial charge is 0.345 e. The Morgan fingerprint density at radius 1 is 1.06 bits per heavy atom. The van der Waals surface area contributed by atoms with Gasteiger partial charge in [0.2, 0.25) is 15.9 Å². The van der Waals surface area contributed by atoms with Crippen molar-refractivity contribution in [1.29, 1.82) is 0 Å². The Morgan fingerprint density at radius 2 is 1.74 bits per heavy atom. The Morgan fingerprint density at radius 3 is 2.35 bits per heavy atom. The highest BCUT2D eigenvalue weighted by Gasteiger charge is 2.34. The van der Waals surface area contributed by atoms with Crippen LogP contribution in [0, 0.1) is 18.8 Å². The van der Waals surface area contributed by atoms with Gasteiger partial charge in [-0.25, -0.2) is 13.4 Å². The summed E-state index contributed by atoms with van der Waals surface area (Å²) in [5.41, 5.74) is 1.39. The van der Waals surface area contributed by atoms with Crippen LogP contribution in [0.25, 0.3) is 0 Å². The van der Waals surface area contributed by atoms with Crippen molar-refractivity contribution in [1.82, 2.24) is 18.8 Å². The molecule has 4 rings (SSSR count). The summed E-state index contributed by atoms with van der Waals surface area (Å²) in [6, 6.07) is 5.12. The second kappa shape index (κ2) is 9.87. The minimum Gasteiger partial charge on any atom is -0.345 e. The van der Waals surface area contributed by atoms with Gasteiger partial charge in [-0.05, 0) is 56.2 Å². The summed E-state index contributed by atoms with van der Waals surface area (Å²) in [4.78, 5) is 31.7. The molecule has 1 N–H and O–H groups in total. The van der Waals surface area contributed by atoms with E-state index in [0.29, 0.717) is 43.4 Å². The van der Waals surface area contributed by atoms with Gasteiger partial charge in [-0.15, -0.1) is 0 Å². The predicted molar refractivity (Wildman–Crippen MR) is 129 cm³/mol. The van der Waals surface area contributed by atoms with E-state index >= 15 is 0 Å². The smallest absolute Gasteiger partial charge is 0.270 e. The molecule has 34 heavy (non-hydrogen) atoms. The molecular weight excluding hydrogens is 454 g/mol. The molecule has 0 spiro atoms. The van der Waals surface area contributed by atoms with E-state index in [-0.39, 0.29) is 35.7 Å². The van der Waals surface area contributed by atoms with Crippen molar-refractivity contribution < 1.29 is 18.0 Å². The maximum absolute atomic E-state index is 13.3. The van der Waals surface area contributed by atoms with Gasteiger partial charge in [0, 0.05) is 51.5 Å². The third-order valence-corrected chi connectivity index (χ3v) is 8.76. The van der Waals surface area contributed by atoms with Crippen molar-refractivity contribution in [3.05, 3.63) is 41.9 Å². The quantitative estimate of drug-likeness (QED) is 0.698. The number of nitrogens with one attached hydrogen (secondary N) is 1. The van der Waals surface area contributed by atoms with Crippen LogP contribution < -0.4 is 5.32 Å². The van der Waals surface area contributed by atoms with Crippen molar-refractivity contribution >= 4 is 27.7 Å². The minimum absolute atomic E-state index is 0.121. The van der Waals surface area contributed by atoms with Crippen LogP contribution in [0.15, 0.2) is 35.5 Å². The minimum atomic E-state index is -3.75. The third-order valence-electron chi connectivity index (χ3n) is 6.89. The third kappa shape index (κ3) is 5.17. The number of anilines is 1. The normalized spacial score (nSPS) is 18.7.